The summed E-state index contributed by atoms with van der Waals surface area (Å²) in [6.45, 7) is 7.00. The lowest BCUT2D eigenvalue weighted by Crippen LogP contribution is -2.30. The summed E-state index contributed by atoms with van der Waals surface area (Å²) in [5, 5.41) is 9.03. The SMILES string of the molecule is Cc1nc2nc(C(F)(F)F)nn2c(C)c1CCC(=O)Nc1ccc(C(=O)NC(C)C)cc1. The first-order valence-electron chi connectivity index (χ1n) is 9.96. The van der Waals surface area contributed by atoms with Crippen LogP contribution >= 0.6 is 0 Å². The number of aromatic nitrogens is 4. The first-order chi connectivity index (χ1) is 15.0. The molecule has 32 heavy (non-hydrogen) atoms. The number of fused-ring (bicyclic) bond motifs is 1. The number of anilines is 1. The normalized spacial score (nSPS) is 11.8. The maximum atomic E-state index is 12.9. The Morgan fingerprint density at radius 1 is 1.09 bits per heavy atom. The Labute approximate surface area is 182 Å². The summed E-state index contributed by atoms with van der Waals surface area (Å²) in [6, 6.07) is 6.50. The first-order valence-corrected chi connectivity index (χ1v) is 9.96. The van der Waals surface area contributed by atoms with Crippen molar-refractivity contribution in [3.8, 4) is 0 Å². The second-order valence-electron chi connectivity index (χ2n) is 7.66. The zero-order valence-corrected chi connectivity index (χ0v) is 18.0. The molecule has 0 radical (unpaired) electrons. The van der Waals surface area contributed by atoms with Gasteiger partial charge in [0.2, 0.25) is 5.91 Å². The molecule has 0 aliphatic carbocycles. The Morgan fingerprint density at radius 3 is 2.34 bits per heavy atom. The van der Waals surface area contributed by atoms with Gasteiger partial charge in [-0.15, -0.1) is 5.10 Å². The monoisotopic (exact) mass is 448 g/mol. The van der Waals surface area contributed by atoms with Crippen LogP contribution in [0, 0.1) is 13.8 Å². The maximum absolute atomic E-state index is 12.9. The van der Waals surface area contributed by atoms with Crippen LogP contribution in [0.1, 0.15) is 53.4 Å². The predicted molar refractivity (Wildman–Crippen MR) is 111 cm³/mol. The minimum Gasteiger partial charge on any atom is -0.350 e. The average Bonchev–Trinajstić information content (AvgIpc) is 3.12. The van der Waals surface area contributed by atoms with E-state index < -0.39 is 12.0 Å². The van der Waals surface area contributed by atoms with Gasteiger partial charge in [0.25, 0.3) is 17.5 Å². The molecule has 2 amide bonds. The Kier molecular flexibility index (Phi) is 6.47. The van der Waals surface area contributed by atoms with Crippen LogP contribution in [0.25, 0.3) is 5.78 Å². The van der Waals surface area contributed by atoms with E-state index in [0.717, 1.165) is 4.52 Å². The fourth-order valence-electron chi connectivity index (χ4n) is 3.20. The van der Waals surface area contributed by atoms with E-state index in [4.69, 9.17) is 0 Å². The third-order valence-corrected chi connectivity index (χ3v) is 4.76. The fraction of sp³-hybridized carbons (Fsp3) is 0.381. The Bertz CT molecular complexity index is 1150. The van der Waals surface area contributed by atoms with Gasteiger partial charge in [-0.3, -0.25) is 9.59 Å². The number of carbonyl (C=O) groups excluding carboxylic acids is 2. The molecule has 0 bridgehead atoms. The summed E-state index contributed by atoms with van der Waals surface area (Å²) in [4.78, 5) is 31.9. The van der Waals surface area contributed by atoms with E-state index in [-0.39, 0.29) is 36.5 Å². The number of amides is 2. The molecule has 3 aromatic rings. The molecule has 170 valence electrons. The van der Waals surface area contributed by atoms with E-state index in [2.05, 4.69) is 25.7 Å². The molecule has 8 nitrogen and oxygen atoms in total. The molecular weight excluding hydrogens is 425 g/mol. The van der Waals surface area contributed by atoms with Gasteiger partial charge in [0.1, 0.15) is 0 Å². The molecule has 0 aliphatic rings. The first kappa shape index (κ1) is 23.2. The molecular formula is C21H23F3N6O2. The van der Waals surface area contributed by atoms with E-state index in [1.54, 1.807) is 38.1 Å². The lowest BCUT2D eigenvalue weighted by Gasteiger charge is -2.11. The summed E-state index contributed by atoms with van der Waals surface area (Å²) in [7, 11) is 0. The molecule has 0 saturated heterocycles. The van der Waals surface area contributed by atoms with Crippen molar-refractivity contribution in [1.29, 1.82) is 0 Å². The number of nitrogens with zero attached hydrogens (tertiary/aromatic N) is 4. The van der Waals surface area contributed by atoms with Gasteiger partial charge >= 0.3 is 6.18 Å². The van der Waals surface area contributed by atoms with Gasteiger partial charge < -0.3 is 10.6 Å². The van der Waals surface area contributed by atoms with E-state index in [9.17, 15) is 22.8 Å². The Hall–Kier alpha value is -3.50. The standard InChI is InChI=1S/C21H23F3N6O2/c1-11(2)25-18(32)14-5-7-15(8-6-14)27-17(31)10-9-16-12(3)26-20-28-19(21(22,23)24)29-30(20)13(16)4/h5-8,11H,9-10H2,1-4H3,(H,25,32)(H,27,31). The van der Waals surface area contributed by atoms with Gasteiger partial charge in [0, 0.05) is 35.1 Å². The number of aryl methyl sites for hydroxylation is 2. The van der Waals surface area contributed by atoms with E-state index in [1.807, 2.05) is 13.8 Å². The largest absolute Gasteiger partial charge is 0.453 e. The summed E-state index contributed by atoms with van der Waals surface area (Å²) < 4.78 is 39.8. The smallest absolute Gasteiger partial charge is 0.350 e. The molecule has 0 fully saturated rings. The second-order valence-corrected chi connectivity index (χ2v) is 7.66. The number of rotatable bonds is 6. The van der Waals surface area contributed by atoms with Crippen LogP contribution in [-0.4, -0.2) is 37.4 Å². The minimum absolute atomic E-state index is 0.0140. The summed E-state index contributed by atoms with van der Waals surface area (Å²) in [5.41, 5.74) is 2.58. The van der Waals surface area contributed by atoms with Gasteiger partial charge in [-0.25, -0.2) is 9.50 Å². The maximum Gasteiger partial charge on any atom is 0.453 e. The Morgan fingerprint density at radius 2 is 1.75 bits per heavy atom. The van der Waals surface area contributed by atoms with Crippen LogP contribution < -0.4 is 10.6 Å². The lowest BCUT2D eigenvalue weighted by atomic mass is 10.1. The number of nitrogens with one attached hydrogen (secondary N) is 2. The number of alkyl halides is 3. The molecule has 2 aromatic heterocycles. The number of hydrogen-bond donors (Lipinski definition) is 2. The van der Waals surface area contributed by atoms with Crippen molar-refractivity contribution in [1.82, 2.24) is 24.9 Å². The van der Waals surface area contributed by atoms with E-state index >= 15 is 0 Å². The van der Waals surface area contributed by atoms with Crippen LogP contribution in [0.4, 0.5) is 18.9 Å². The van der Waals surface area contributed by atoms with Crippen LogP contribution in [-0.2, 0) is 17.4 Å². The molecule has 0 unspecified atom stereocenters. The third-order valence-electron chi connectivity index (χ3n) is 4.76. The predicted octanol–water partition coefficient (Wildman–Crippen LogP) is 3.47. The van der Waals surface area contributed by atoms with Gasteiger partial charge in [0.15, 0.2) is 0 Å². The van der Waals surface area contributed by atoms with Gasteiger partial charge in [-0.2, -0.15) is 18.2 Å². The molecule has 0 spiro atoms. The van der Waals surface area contributed by atoms with Crippen molar-refractivity contribution in [2.45, 2.75) is 52.8 Å². The van der Waals surface area contributed by atoms with Crippen LogP contribution in [0.3, 0.4) is 0 Å². The van der Waals surface area contributed by atoms with Gasteiger partial charge in [-0.05, 0) is 63.9 Å². The zero-order valence-electron chi connectivity index (χ0n) is 18.0. The van der Waals surface area contributed by atoms with Crippen molar-refractivity contribution >= 4 is 23.3 Å². The number of benzene rings is 1. The van der Waals surface area contributed by atoms with Gasteiger partial charge in [-0.1, -0.05) is 0 Å². The number of carbonyl (C=O) groups is 2. The van der Waals surface area contributed by atoms with Crippen molar-refractivity contribution in [2.75, 3.05) is 5.32 Å². The highest BCUT2D eigenvalue weighted by Gasteiger charge is 2.37. The van der Waals surface area contributed by atoms with Crippen molar-refractivity contribution in [3.63, 3.8) is 0 Å². The summed E-state index contributed by atoms with van der Waals surface area (Å²) in [6.07, 6.45) is -4.31. The zero-order chi connectivity index (χ0) is 23.6. The highest BCUT2D eigenvalue weighted by molar-refractivity contribution is 5.96. The van der Waals surface area contributed by atoms with Crippen LogP contribution in [0.2, 0.25) is 0 Å². The lowest BCUT2D eigenvalue weighted by molar-refractivity contribution is -0.144. The molecule has 0 aliphatic heterocycles. The third kappa shape index (κ3) is 5.21. The molecule has 2 heterocycles. The second kappa shape index (κ2) is 8.93. The fourth-order valence-corrected chi connectivity index (χ4v) is 3.20. The van der Waals surface area contributed by atoms with Crippen molar-refractivity contribution in [2.24, 2.45) is 0 Å². The van der Waals surface area contributed by atoms with Gasteiger partial charge in [0.05, 0.1) is 0 Å². The molecule has 3 rings (SSSR count). The molecule has 2 N–H and O–H groups in total. The molecule has 0 saturated carbocycles. The minimum atomic E-state index is -4.67. The number of halogens is 3. The van der Waals surface area contributed by atoms with Crippen LogP contribution in [0.5, 0.6) is 0 Å². The van der Waals surface area contributed by atoms with Crippen molar-refractivity contribution in [3.05, 3.63) is 52.6 Å². The van der Waals surface area contributed by atoms with Crippen LogP contribution in [0.15, 0.2) is 24.3 Å². The molecule has 1 aromatic carbocycles. The topological polar surface area (TPSA) is 101 Å². The summed E-state index contributed by atoms with van der Waals surface area (Å²) in [5.74, 6) is -1.87. The summed E-state index contributed by atoms with van der Waals surface area (Å²) >= 11 is 0. The van der Waals surface area contributed by atoms with E-state index in [0.29, 0.717) is 28.2 Å². The molecule has 0 atom stereocenters. The highest BCUT2D eigenvalue weighted by Crippen LogP contribution is 2.27. The Balaban J connectivity index is 1.67. The average molecular weight is 448 g/mol. The highest BCUT2D eigenvalue weighted by atomic mass is 19.4. The number of hydrogen-bond acceptors (Lipinski definition) is 5. The van der Waals surface area contributed by atoms with E-state index in [1.165, 1.54) is 0 Å². The quantitative estimate of drug-likeness (QED) is 0.601. The molecule has 11 heteroatoms. The van der Waals surface area contributed by atoms with Crippen molar-refractivity contribution < 1.29 is 22.8 Å².